The maximum atomic E-state index is 12.6. The van der Waals surface area contributed by atoms with Crippen molar-refractivity contribution < 1.29 is 19.8 Å². The third kappa shape index (κ3) is 4.03. The van der Waals surface area contributed by atoms with E-state index in [0.29, 0.717) is 6.54 Å². The maximum absolute atomic E-state index is 12.6. The molecule has 0 radical (unpaired) electrons. The van der Waals surface area contributed by atoms with Crippen LogP contribution in [-0.4, -0.2) is 58.3 Å². The second kappa shape index (κ2) is 7.43. The molecule has 0 aromatic heterocycles. The Morgan fingerprint density at radius 2 is 1.96 bits per heavy atom. The van der Waals surface area contributed by atoms with E-state index in [0.717, 1.165) is 16.3 Å². The average Bonchev–Trinajstić information content (AvgIpc) is 2.62. The van der Waals surface area contributed by atoms with Gasteiger partial charge in [0.1, 0.15) is 11.7 Å². The second-order valence-electron chi connectivity index (χ2n) is 6.98. The molecule has 0 aliphatic carbocycles. The number of nitrogens with one attached hydrogen (secondary N) is 1. The Hall–Kier alpha value is -2.44. The van der Waals surface area contributed by atoms with Crippen molar-refractivity contribution >= 4 is 22.6 Å². The lowest BCUT2D eigenvalue weighted by atomic mass is 9.88. The van der Waals surface area contributed by atoms with E-state index in [2.05, 4.69) is 5.32 Å². The number of rotatable bonds is 4. The smallest absolute Gasteiger partial charge is 0.227 e. The van der Waals surface area contributed by atoms with E-state index >= 15 is 0 Å². The Labute approximate surface area is 152 Å². The molecule has 3 rings (SSSR count). The normalized spacial score (nSPS) is 23.0. The van der Waals surface area contributed by atoms with Gasteiger partial charge >= 0.3 is 0 Å². The average molecular weight is 356 g/mol. The summed E-state index contributed by atoms with van der Waals surface area (Å²) in [6.45, 7) is 1.75. The fourth-order valence-corrected chi connectivity index (χ4v) is 3.31. The number of likely N-dealkylation sites (tertiary alicyclic amines) is 1. The van der Waals surface area contributed by atoms with Crippen LogP contribution in [0.1, 0.15) is 18.9 Å². The van der Waals surface area contributed by atoms with Crippen molar-refractivity contribution in [3.05, 3.63) is 48.0 Å². The zero-order valence-corrected chi connectivity index (χ0v) is 14.8. The molecule has 6 nitrogen and oxygen atoms in total. The van der Waals surface area contributed by atoms with Crippen molar-refractivity contribution in [2.75, 3.05) is 19.6 Å². The van der Waals surface area contributed by atoms with Crippen LogP contribution in [0.5, 0.6) is 0 Å². The van der Waals surface area contributed by atoms with Gasteiger partial charge in [0.25, 0.3) is 0 Å². The minimum absolute atomic E-state index is 0.0177. The number of fused-ring (bicyclic) bond motifs is 1. The van der Waals surface area contributed by atoms with Crippen LogP contribution >= 0.6 is 0 Å². The van der Waals surface area contributed by atoms with Crippen molar-refractivity contribution in [2.24, 2.45) is 0 Å². The van der Waals surface area contributed by atoms with Gasteiger partial charge in [-0.3, -0.25) is 9.59 Å². The van der Waals surface area contributed by atoms with E-state index < -0.39 is 11.7 Å². The summed E-state index contributed by atoms with van der Waals surface area (Å²) in [6, 6.07) is 13.9. The summed E-state index contributed by atoms with van der Waals surface area (Å²) in [5.41, 5.74) is -0.479. The van der Waals surface area contributed by atoms with Gasteiger partial charge < -0.3 is 20.4 Å². The van der Waals surface area contributed by atoms with Gasteiger partial charge in [-0.25, -0.2) is 0 Å². The third-order valence-corrected chi connectivity index (χ3v) is 4.99. The van der Waals surface area contributed by atoms with Crippen molar-refractivity contribution in [3.63, 3.8) is 0 Å². The standard InChI is InChI=1S/C20H24N2O4/c1-14(23)21-13-20(26)8-9-22(12-18(20)24)19(25)11-15-6-7-16-4-2-3-5-17(16)10-15/h2-7,10,18,24,26H,8-9,11-13H2,1H3,(H,21,23)/t18-,20-/m1/s1. The highest BCUT2D eigenvalue weighted by atomic mass is 16.3. The summed E-state index contributed by atoms with van der Waals surface area (Å²) >= 11 is 0. The molecule has 1 aliphatic rings. The van der Waals surface area contributed by atoms with Crippen LogP contribution in [0.4, 0.5) is 0 Å². The molecule has 0 bridgehead atoms. The Morgan fingerprint density at radius 1 is 1.23 bits per heavy atom. The number of piperidine rings is 1. The lowest BCUT2D eigenvalue weighted by Gasteiger charge is -2.42. The van der Waals surface area contributed by atoms with Gasteiger partial charge in [-0.1, -0.05) is 42.5 Å². The topological polar surface area (TPSA) is 89.9 Å². The molecule has 2 aromatic carbocycles. The van der Waals surface area contributed by atoms with E-state index in [1.807, 2.05) is 42.5 Å². The van der Waals surface area contributed by atoms with Crippen LogP contribution in [0.25, 0.3) is 10.8 Å². The molecule has 1 saturated heterocycles. The second-order valence-corrected chi connectivity index (χ2v) is 6.98. The Morgan fingerprint density at radius 3 is 2.65 bits per heavy atom. The van der Waals surface area contributed by atoms with E-state index in [1.54, 1.807) is 4.90 Å². The zero-order valence-electron chi connectivity index (χ0n) is 14.8. The molecule has 1 aliphatic heterocycles. The lowest BCUT2D eigenvalue weighted by Crippen LogP contribution is -2.61. The highest BCUT2D eigenvalue weighted by Gasteiger charge is 2.41. The van der Waals surface area contributed by atoms with E-state index in [4.69, 9.17) is 0 Å². The number of carbonyl (C=O) groups excluding carboxylic acids is 2. The predicted molar refractivity (Wildman–Crippen MR) is 98.5 cm³/mol. The van der Waals surface area contributed by atoms with Gasteiger partial charge in [0.05, 0.1) is 6.42 Å². The van der Waals surface area contributed by atoms with E-state index in [9.17, 15) is 19.8 Å². The van der Waals surface area contributed by atoms with Crippen LogP contribution in [0.15, 0.2) is 42.5 Å². The first-order valence-electron chi connectivity index (χ1n) is 8.78. The van der Waals surface area contributed by atoms with Crippen molar-refractivity contribution in [2.45, 2.75) is 31.5 Å². The summed E-state index contributed by atoms with van der Waals surface area (Å²) in [7, 11) is 0. The van der Waals surface area contributed by atoms with Crippen LogP contribution < -0.4 is 5.32 Å². The molecule has 2 aromatic rings. The van der Waals surface area contributed by atoms with Crippen LogP contribution in [0.3, 0.4) is 0 Å². The number of β-amino-alcohol motifs (C(OH)–C–C–N with tert-alkyl or cyclic N) is 1. The highest BCUT2D eigenvalue weighted by molar-refractivity contribution is 5.85. The summed E-state index contributed by atoms with van der Waals surface area (Å²) in [5.74, 6) is -0.346. The quantitative estimate of drug-likeness (QED) is 0.757. The lowest BCUT2D eigenvalue weighted by molar-refractivity contribution is -0.149. The summed E-state index contributed by atoms with van der Waals surface area (Å²) < 4.78 is 0. The molecule has 0 spiro atoms. The number of hydrogen-bond donors (Lipinski definition) is 3. The van der Waals surface area contributed by atoms with Gasteiger partial charge in [0.15, 0.2) is 0 Å². The minimum atomic E-state index is -1.40. The molecule has 1 fully saturated rings. The number of benzene rings is 2. The highest BCUT2D eigenvalue weighted by Crippen LogP contribution is 2.23. The molecule has 2 atom stereocenters. The molecular formula is C20H24N2O4. The van der Waals surface area contributed by atoms with Gasteiger partial charge in [-0.15, -0.1) is 0 Å². The monoisotopic (exact) mass is 356 g/mol. The third-order valence-electron chi connectivity index (χ3n) is 4.99. The largest absolute Gasteiger partial charge is 0.388 e. The zero-order chi connectivity index (χ0) is 18.7. The molecule has 1 heterocycles. The van der Waals surface area contributed by atoms with Crippen LogP contribution in [0.2, 0.25) is 0 Å². The molecular weight excluding hydrogens is 332 g/mol. The van der Waals surface area contributed by atoms with Crippen molar-refractivity contribution in [3.8, 4) is 0 Å². The van der Waals surface area contributed by atoms with Crippen LogP contribution in [0, 0.1) is 0 Å². The number of nitrogens with zero attached hydrogens (tertiary/aromatic N) is 1. The molecule has 3 N–H and O–H groups in total. The molecule has 0 unspecified atom stereocenters. The molecule has 138 valence electrons. The molecule has 0 saturated carbocycles. The first-order chi connectivity index (χ1) is 12.4. The Balaban J connectivity index is 1.62. The first-order valence-corrected chi connectivity index (χ1v) is 8.78. The number of aliphatic hydroxyl groups excluding tert-OH is 1. The van der Waals surface area contributed by atoms with Crippen molar-refractivity contribution in [1.29, 1.82) is 0 Å². The number of aliphatic hydroxyl groups is 2. The van der Waals surface area contributed by atoms with Gasteiger partial charge in [0, 0.05) is 26.6 Å². The number of carbonyl (C=O) groups is 2. The molecule has 6 heteroatoms. The van der Waals surface area contributed by atoms with Gasteiger partial charge in [-0.05, 0) is 22.8 Å². The maximum Gasteiger partial charge on any atom is 0.227 e. The van der Waals surface area contributed by atoms with Gasteiger partial charge in [0.2, 0.25) is 11.8 Å². The van der Waals surface area contributed by atoms with E-state index in [-0.39, 0.29) is 37.7 Å². The Kier molecular flexibility index (Phi) is 5.25. The number of amides is 2. The molecule has 26 heavy (non-hydrogen) atoms. The number of hydrogen-bond acceptors (Lipinski definition) is 4. The van der Waals surface area contributed by atoms with E-state index in [1.165, 1.54) is 6.92 Å². The predicted octanol–water partition coefficient (Wildman–Crippen LogP) is 0.843. The summed E-state index contributed by atoms with van der Waals surface area (Å²) in [5, 5.41) is 25.5. The summed E-state index contributed by atoms with van der Waals surface area (Å²) in [6.07, 6.45) is -0.622. The fourth-order valence-electron chi connectivity index (χ4n) is 3.31. The first kappa shape index (κ1) is 18.4. The SMILES string of the molecule is CC(=O)NC[C@]1(O)CCN(C(=O)Cc2ccc3ccccc3c2)C[C@H]1O. The molecule has 2 amide bonds. The summed E-state index contributed by atoms with van der Waals surface area (Å²) in [4.78, 5) is 25.2. The van der Waals surface area contributed by atoms with Crippen LogP contribution in [-0.2, 0) is 16.0 Å². The van der Waals surface area contributed by atoms with Gasteiger partial charge in [-0.2, -0.15) is 0 Å². The Bertz CT molecular complexity index is 822. The fraction of sp³-hybridized carbons (Fsp3) is 0.400. The minimum Gasteiger partial charge on any atom is -0.388 e. The van der Waals surface area contributed by atoms with Crippen molar-refractivity contribution in [1.82, 2.24) is 10.2 Å².